The molecule has 0 bridgehead atoms. The van der Waals surface area contributed by atoms with Crippen molar-refractivity contribution in [1.29, 1.82) is 0 Å². The van der Waals surface area contributed by atoms with Gasteiger partial charge in [-0.05, 0) is 18.1 Å². The second-order valence-corrected chi connectivity index (χ2v) is 1.55. The summed E-state index contributed by atoms with van der Waals surface area (Å²) >= 11 is 0. The summed E-state index contributed by atoms with van der Waals surface area (Å²) in [6, 6.07) is 0. The van der Waals surface area contributed by atoms with Crippen LogP contribution in [0.5, 0.6) is 0 Å². The molecule has 0 N–H and O–H groups in total. The zero-order valence-electron chi connectivity index (χ0n) is 4.15. The molecule has 0 fully saturated rings. The molecule has 0 atom stereocenters. The molecule has 0 unspecified atom stereocenters. The molecular weight excluding hydrogens is 84.1 g/mol. The average molecular weight is 91.1 g/mol. The predicted octanol–water partition coefficient (Wildman–Crippen LogP) is 1.86. The van der Waals surface area contributed by atoms with Gasteiger partial charge in [0.25, 0.3) is 0 Å². The normalized spacial score (nSPS) is 18.0. The first-order valence-electron chi connectivity index (χ1n) is 2.32. The lowest BCUT2D eigenvalue weighted by atomic mass is 10.1. The van der Waals surface area contributed by atoms with Gasteiger partial charge in [-0.2, -0.15) is 0 Å². The molecular formula is C7H7. The molecule has 1 radical (unpaired) electrons. The van der Waals surface area contributed by atoms with Crippen molar-refractivity contribution in [2.75, 3.05) is 0 Å². The number of rotatable bonds is 0. The first-order valence-corrected chi connectivity index (χ1v) is 2.32. The molecule has 1 aliphatic carbocycles. The third-order valence-electron chi connectivity index (χ3n) is 0.884. The summed E-state index contributed by atoms with van der Waals surface area (Å²) in [4.78, 5) is 0. The molecule has 7 heavy (non-hydrogen) atoms. The Bertz CT molecular complexity index is 127. The van der Waals surface area contributed by atoms with E-state index in [2.05, 4.69) is 18.7 Å². The van der Waals surface area contributed by atoms with E-state index in [1.54, 1.807) is 0 Å². The van der Waals surface area contributed by atoms with Crippen molar-refractivity contribution < 1.29 is 0 Å². The smallest absolute Gasteiger partial charge is 0.00940 e. The van der Waals surface area contributed by atoms with Crippen LogP contribution >= 0.6 is 0 Å². The summed E-state index contributed by atoms with van der Waals surface area (Å²) in [5, 5.41) is 0. The summed E-state index contributed by atoms with van der Waals surface area (Å²) in [7, 11) is 0. The Labute approximate surface area is 43.9 Å². The second-order valence-electron chi connectivity index (χ2n) is 1.55. The fourth-order valence-corrected chi connectivity index (χ4v) is 0.503. The van der Waals surface area contributed by atoms with Gasteiger partial charge >= 0.3 is 0 Å². The van der Waals surface area contributed by atoms with E-state index in [4.69, 9.17) is 0 Å². The summed E-state index contributed by atoms with van der Waals surface area (Å²) < 4.78 is 0. The fourth-order valence-electron chi connectivity index (χ4n) is 0.503. The van der Waals surface area contributed by atoms with E-state index in [9.17, 15) is 0 Å². The summed E-state index contributed by atoms with van der Waals surface area (Å²) in [6.45, 7) is 3.72. The molecule has 0 aromatic carbocycles. The van der Waals surface area contributed by atoms with E-state index in [0.29, 0.717) is 0 Å². The molecule has 1 aliphatic rings. The van der Waals surface area contributed by atoms with Gasteiger partial charge in [-0.3, -0.25) is 0 Å². The lowest BCUT2D eigenvalue weighted by molar-refractivity contribution is 1.26. The molecule has 0 saturated heterocycles. The largest absolute Gasteiger partial charge is 0.0949 e. The molecule has 0 nitrogen and oxygen atoms in total. The van der Waals surface area contributed by atoms with Gasteiger partial charge in [0.05, 0.1) is 0 Å². The Hall–Kier alpha value is -0.780. The van der Waals surface area contributed by atoms with E-state index >= 15 is 0 Å². The molecule has 0 heterocycles. The van der Waals surface area contributed by atoms with Crippen molar-refractivity contribution >= 4 is 0 Å². The van der Waals surface area contributed by atoms with Gasteiger partial charge in [0.1, 0.15) is 0 Å². The van der Waals surface area contributed by atoms with Gasteiger partial charge in [0.15, 0.2) is 0 Å². The van der Waals surface area contributed by atoms with Crippen LogP contribution in [-0.2, 0) is 0 Å². The van der Waals surface area contributed by atoms with Crippen LogP contribution < -0.4 is 0 Å². The maximum absolute atomic E-state index is 3.72. The van der Waals surface area contributed by atoms with Gasteiger partial charge < -0.3 is 0 Å². The zero-order chi connectivity index (χ0) is 5.11. The van der Waals surface area contributed by atoms with Crippen LogP contribution in [0.1, 0.15) is 6.42 Å². The van der Waals surface area contributed by atoms with Crippen molar-refractivity contribution in [3.8, 4) is 0 Å². The summed E-state index contributed by atoms with van der Waals surface area (Å²) in [5.74, 6) is 0. The van der Waals surface area contributed by atoms with Crippen molar-refractivity contribution in [2.24, 2.45) is 0 Å². The number of hydrogen-bond donors (Lipinski definition) is 0. The second kappa shape index (κ2) is 1.78. The van der Waals surface area contributed by atoms with Gasteiger partial charge in [-0.1, -0.05) is 24.8 Å². The molecule has 0 aromatic heterocycles. The van der Waals surface area contributed by atoms with Gasteiger partial charge in [0, 0.05) is 0 Å². The maximum atomic E-state index is 3.72. The molecule has 0 aliphatic heterocycles. The number of hydrogen-bond acceptors (Lipinski definition) is 0. The topological polar surface area (TPSA) is 0 Å². The third kappa shape index (κ3) is 1.04. The van der Waals surface area contributed by atoms with Gasteiger partial charge in [0.2, 0.25) is 0 Å². The van der Waals surface area contributed by atoms with E-state index in [0.717, 1.165) is 12.0 Å². The molecule has 1 rings (SSSR count). The van der Waals surface area contributed by atoms with E-state index in [-0.39, 0.29) is 0 Å². The van der Waals surface area contributed by atoms with Crippen LogP contribution in [-0.4, -0.2) is 0 Å². The van der Waals surface area contributed by atoms with Crippen molar-refractivity contribution in [3.63, 3.8) is 0 Å². The highest BCUT2D eigenvalue weighted by Crippen LogP contribution is 2.04. The Morgan fingerprint density at radius 2 is 2.57 bits per heavy atom. The maximum Gasteiger partial charge on any atom is -0.00940 e. The molecule has 0 aromatic rings. The third-order valence-corrected chi connectivity index (χ3v) is 0.884. The van der Waals surface area contributed by atoms with E-state index < -0.39 is 0 Å². The fraction of sp³-hybridized carbons (Fsp3) is 0.143. The highest BCUT2D eigenvalue weighted by molar-refractivity contribution is 5.21. The first-order chi connectivity index (χ1) is 3.39. The minimum atomic E-state index is 0.969. The molecule has 0 heteroatoms. The lowest BCUT2D eigenvalue weighted by Crippen LogP contribution is -1.75. The highest BCUT2D eigenvalue weighted by atomic mass is 13.9. The van der Waals surface area contributed by atoms with Crippen LogP contribution in [0.2, 0.25) is 0 Å². The quantitative estimate of drug-likeness (QED) is 0.427. The Morgan fingerprint density at radius 3 is 2.86 bits per heavy atom. The molecule has 0 saturated carbocycles. The SMILES string of the molecule is C=C1[C]=CC=CC1. The van der Waals surface area contributed by atoms with Gasteiger partial charge in [-0.25, -0.2) is 0 Å². The van der Waals surface area contributed by atoms with Crippen LogP contribution in [0.3, 0.4) is 0 Å². The van der Waals surface area contributed by atoms with E-state index in [1.165, 1.54) is 0 Å². The summed E-state index contributed by atoms with van der Waals surface area (Å²) in [6.07, 6.45) is 9.87. The van der Waals surface area contributed by atoms with Crippen LogP contribution in [0.15, 0.2) is 30.4 Å². The zero-order valence-corrected chi connectivity index (χ0v) is 4.15. The Morgan fingerprint density at radius 1 is 1.71 bits per heavy atom. The first kappa shape index (κ1) is 4.38. The molecule has 0 amide bonds. The highest BCUT2D eigenvalue weighted by Gasteiger charge is 1.85. The summed E-state index contributed by atoms with van der Waals surface area (Å²) in [5.41, 5.74) is 1.07. The minimum absolute atomic E-state index is 0.969. The van der Waals surface area contributed by atoms with Gasteiger partial charge in [-0.15, -0.1) is 0 Å². The predicted molar refractivity (Wildman–Crippen MR) is 30.7 cm³/mol. The van der Waals surface area contributed by atoms with Crippen LogP contribution in [0, 0.1) is 6.08 Å². The average Bonchev–Trinajstić information content (AvgIpc) is 1.69. The molecule has 0 spiro atoms. The van der Waals surface area contributed by atoms with Crippen molar-refractivity contribution in [2.45, 2.75) is 6.42 Å². The van der Waals surface area contributed by atoms with E-state index in [1.807, 2.05) is 12.2 Å². The number of allylic oxidation sites excluding steroid dienone is 5. The Kier molecular flexibility index (Phi) is 1.12. The lowest BCUT2D eigenvalue weighted by Gasteiger charge is -1.93. The van der Waals surface area contributed by atoms with Crippen molar-refractivity contribution in [3.05, 3.63) is 36.5 Å². The van der Waals surface area contributed by atoms with Crippen molar-refractivity contribution in [1.82, 2.24) is 0 Å². The standard InChI is InChI=1S/C7H7/c1-7-5-3-2-4-6-7/h2-4H,1,5H2. The molecule has 35 valence electrons. The van der Waals surface area contributed by atoms with Crippen LogP contribution in [0.25, 0.3) is 0 Å². The Balaban J connectivity index is 2.66. The minimum Gasteiger partial charge on any atom is -0.0949 e. The monoisotopic (exact) mass is 91.1 g/mol. The van der Waals surface area contributed by atoms with Crippen LogP contribution in [0.4, 0.5) is 0 Å².